The number of phenolic OH excluding ortho intramolecular Hbond substituents is 6. The third-order valence-electron chi connectivity index (χ3n) is 23.0. The van der Waals surface area contributed by atoms with Crippen LogP contribution in [0.15, 0.2) is 115 Å². The maximum Gasteiger partial charge on any atom is 0.335 e. The van der Waals surface area contributed by atoms with Crippen molar-refractivity contribution in [1.82, 2.24) is 52.5 Å². The number of benzene rings is 7. The van der Waals surface area contributed by atoms with E-state index in [9.17, 15) is 80.8 Å². The van der Waals surface area contributed by atoms with Gasteiger partial charge in [-0.2, -0.15) is 0 Å². The molecule has 39 nitrogen and oxygen atoms in total. The molecule has 8 aliphatic rings. The van der Waals surface area contributed by atoms with E-state index in [0.29, 0.717) is 19.4 Å². The lowest BCUT2D eigenvalue weighted by Gasteiger charge is -2.41. The normalized spacial score (nSPS) is 25.8. The van der Waals surface area contributed by atoms with Crippen LogP contribution in [0.2, 0.25) is 0 Å². The number of carboxylic acid groups (broad SMARTS) is 1. The lowest BCUT2D eigenvalue weighted by Crippen LogP contribution is -2.66. The Balaban J connectivity index is 1.04. The van der Waals surface area contributed by atoms with Gasteiger partial charge in [0.15, 0.2) is 52.1 Å². The highest BCUT2D eigenvalue weighted by atomic mass is 31.0. The van der Waals surface area contributed by atoms with E-state index < -0.39 is 277 Å². The number of carbonyl (C=O) groups excluding carboxylic acids is 8. The summed E-state index contributed by atoms with van der Waals surface area (Å²) in [5.41, 5.74) is -3.03. The molecule has 684 valence electrons. The lowest BCUT2D eigenvalue weighted by atomic mass is 9.89. The number of nitrogens with zero attached hydrogens (tertiary/aromatic N) is 1. The largest absolute Gasteiger partial charge is 0.508 e. The molecule has 2 fully saturated rings. The van der Waals surface area contributed by atoms with Gasteiger partial charge in [0.2, 0.25) is 65.6 Å². The molecule has 7 aromatic carbocycles. The topological polar surface area (TPSA) is 593 Å². The molecule has 19 atom stereocenters. The summed E-state index contributed by atoms with van der Waals surface area (Å²) in [7, 11) is 5.60. The van der Waals surface area contributed by atoms with Gasteiger partial charge in [-0.25, -0.2) is 4.79 Å². The first-order valence-corrected chi connectivity index (χ1v) is 42.4. The van der Waals surface area contributed by atoms with Crippen LogP contribution in [0.25, 0.3) is 11.1 Å². The number of carbonyl (C=O) groups is 9. The van der Waals surface area contributed by atoms with Crippen LogP contribution >= 0.6 is 9.39 Å². The van der Waals surface area contributed by atoms with Gasteiger partial charge in [0.05, 0.1) is 6.10 Å². The Labute approximate surface area is 734 Å². The van der Waals surface area contributed by atoms with Gasteiger partial charge in [-0.3, -0.25) is 43.0 Å². The molecule has 128 heavy (non-hydrogen) atoms. The van der Waals surface area contributed by atoms with E-state index in [1.807, 2.05) is 0 Å². The van der Waals surface area contributed by atoms with Crippen molar-refractivity contribution in [2.45, 2.75) is 207 Å². The average Bonchev–Trinajstić information content (AvgIpc) is 0.755. The summed E-state index contributed by atoms with van der Waals surface area (Å²) < 4.78 is 46.3. The van der Waals surface area contributed by atoms with Gasteiger partial charge in [-0.05, 0) is 140 Å². The molecule has 0 saturated carbocycles. The summed E-state index contributed by atoms with van der Waals surface area (Å²) in [6, 6.07) is 4.54. The van der Waals surface area contributed by atoms with Gasteiger partial charge < -0.3 is 147 Å². The van der Waals surface area contributed by atoms with Crippen LogP contribution < -0.4 is 71.5 Å². The number of aliphatic hydroxyl groups is 6. The maximum atomic E-state index is 16.8. The molecule has 8 aliphatic heterocycles. The second kappa shape index (κ2) is 40.7. The number of amides is 8. The molecule has 22 N–H and O–H groups in total. The quantitative estimate of drug-likeness (QED) is 0.0244. The number of nitrogens with one attached hydrogen (secondary N) is 9. The van der Waals surface area contributed by atoms with E-state index in [0.717, 1.165) is 118 Å². The summed E-state index contributed by atoms with van der Waals surface area (Å²) in [6.45, 7) is 3.96. The fraction of sp³-hybridized carbons (Fsp3) is 0.420. The van der Waals surface area contributed by atoms with Gasteiger partial charge in [-0.15, -0.1) is 0 Å². The summed E-state index contributed by atoms with van der Waals surface area (Å²) in [5.74, 6) is -21.0. The van der Waals surface area contributed by atoms with E-state index >= 15 is 28.8 Å². The van der Waals surface area contributed by atoms with Gasteiger partial charge in [0, 0.05) is 54.8 Å². The molecule has 8 heterocycles. The molecule has 15 rings (SSSR count). The van der Waals surface area contributed by atoms with Gasteiger partial charge in [0.25, 0.3) is 0 Å². The zero-order valence-electron chi connectivity index (χ0n) is 69.8. The fourth-order valence-corrected chi connectivity index (χ4v) is 16.3. The number of carboxylic acids is 1. The third kappa shape index (κ3) is 20.9. The van der Waals surface area contributed by atoms with Gasteiger partial charge >= 0.3 is 5.97 Å². The van der Waals surface area contributed by atoms with E-state index in [2.05, 4.69) is 64.2 Å². The van der Waals surface area contributed by atoms with Crippen molar-refractivity contribution in [2.75, 3.05) is 27.2 Å². The second-order valence-electron chi connectivity index (χ2n) is 32.2. The Morgan fingerprint density at radius 3 is 1.86 bits per heavy atom. The van der Waals surface area contributed by atoms with Gasteiger partial charge in [-0.1, -0.05) is 105 Å². The standard InChI is InChI=1S/C88H103N10O29P/c1-5-7-8-9-10-11-12-13-14-16-61(104)92-69-73(108)75(110)78(86(119)120)127-87(69)126-77-59-33-43-34-60(77)123-56-26-21-42(31-53(56)102)70(105)68-85(118)96-66(80(113)90-27-15-28-98(4)128)48-35-44(99)36-58(125-88-76(111)74(109)72(107)55(6-2)124-88)62(48)47-30-40(19-24-51(47)100)64(82(115)97-68)93-83(116)65(43)94-84(117)67-49-37-46(38-54(103)71(49)106)122-57-32-41(20-25-52(57)101)63(89-3)81(114)91-50(79(112)95-67)29-39-17-22-45(121-59)23-18-39/h17-26,30-38,50,55,63-70,72-76,78,87-89,99-103,105-111H,5-16,27-29,128H2,1-4H3,(H,90,113)(H,91,114)(H,92,104)(H,93,116)(H,94,117)(H,95,112)(H,96,118)(H,97,115)(H,119,120)/t50?,55-,63-,64-,65?,66?,67-,68+,69?,70-,72?,73-,74+,75?,76+,78+,87-,88?/m1/s1. The van der Waals surface area contributed by atoms with Crippen molar-refractivity contribution in [3.63, 3.8) is 0 Å². The number of rotatable bonds is 23. The maximum absolute atomic E-state index is 16.8. The number of likely N-dealkylation sites (N-methyl/N-ethyl adjacent to an activating group) is 1. The molecule has 0 spiro atoms. The summed E-state index contributed by atoms with van der Waals surface area (Å²) in [4.78, 5) is 138. The second-order valence-corrected chi connectivity index (χ2v) is 33.1. The summed E-state index contributed by atoms with van der Waals surface area (Å²) in [6.07, 6.45) is -12.7. The Bertz CT molecular complexity index is 5320. The Hall–Kier alpha value is -12.4. The molecular weight excluding hydrogens is 1690 g/mol. The van der Waals surface area contributed by atoms with Crippen molar-refractivity contribution < 1.29 is 143 Å². The molecule has 0 aromatic heterocycles. The number of phenols is 6. The number of hydrogen-bond donors (Lipinski definition) is 22. The number of hydrogen-bond acceptors (Lipinski definition) is 30. The number of ether oxygens (including phenoxy) is 7. The molecule has 8 amide bonds. The monoisotopic (exact) mass is 1790 g/mol. The number of unbranched alkanes of at least 4 members (excludes halogenated alkanes) is 8. The average molecular weight is 1800 g/mol. The minimum Gasteiger partial charge on any atom is -0.508 e. The number of aliphatic hydroxyl groups excluding tert-OH is 6. The van der Waals surface area contributed by atoms with Crippen LogP contribution in [0.1, 0.15) is 166 Å². The predicted octanol–water partition coefficient (Wildman–Crippen LogP) is 3.99. The summed E-state index contributed by atoms with van der Waals surface area (Å²) in [5, 5.41) is 176. The van der Waals surface area contributed by atoms with Crippen LogP contribution in [0.3, 0.4) is 0 Å². The van der Waals surface area contributed by atoms with E-state index in [1.54, 1.807) is 18.6 Å². The van der Waals surface area contributed by atoms with Crippen molar-refractivity contribution >= 4 is 62.6 Å². The van der Waals surface area contributed by atoms with Crippen LogP contribution in [0.5, 0.6) is 80.5 Å². The van der Waals surface area contributed by atoms with Crippen molar-refractivity contribution in [3.8, 4) is 91.6 Å². The number of fused-ring (bicyclic) bond motifs is 14. The molecule has 17 bridgehead atoms. The molecule has 8 unspecified atom stereocenters. The molecule has 40 heteroatoms. The molecule has 0 radical (unpaired) electrons. The minimum absolute atomic E-state index is 0.0176. The first-order valence-electron chi connectivity index (χ1n) is 41.9. The van der Waals surface area contributed by atoms with Crippen LogP contribution in [-0.4, -0.2) is 225 Å². The number of aliphatic carboxylic acids is 1. The van der Waals surface area contributed by atoms with Crippen LogP contribution in [0.4, 0.5) is 0 Å². The van der Waals surface area contributed by atoms with E-state index in [-0.39, 0.29) is 48.4 Å². The minimum atomic E-state index is -2.50. The molecule has 0 aliphatic carbocycles. The molecule has 7 aromatic rings. The van der Waals surface area contributed by atoms with E-state index in [1.165, 1.54) is 49.5 Å². The Kier molecular flexibility index (Phi) is 29.7. The SMILES string of the molecule is CCCCCCCCCCCC(=O)NC1[C@H](Oc2c3cc4cc2Oc2ccc(cc2O)[C@@H](O)[C@@H]2NC(=O)[C@H](NC(=O)C4NC(=O)[C@@H]4NC(=O)C(Cc5ccc(cc5)O3)NC(=O)[C@H](NC)c3ccc(O)c(c3)Oc3cc(O)c(O)c4c3)c3ccc(O)c(c3)-c3c(OC4O[C@H](CC)C(O)[C@H](O)[C@@H]4O)cc(O)cc3C(C(=O)NCCCN(C)P)NC2=O)O[C@H](C(=O)O)C(O)[C@@H]1O. The van der Waals surface area contributed by atoms with Crippen molar-refractivity contribution in [1.29, 1.82) is 0 Å². The fourth-order valence-electron chi connectivity index (χ4n) is 16.1. The molecular formula is C88H103N10O29P. The first-order chi connectivity index (χ1) is 61.2. The Morgan fingerprint density at radius 1 is 0.531 bits per heavy atom. The third-order valence-corrected chi connectivity index (χ3v) is 23.3. The van der Waals surface area contributed by atoms with Crippen molar-refractivity contribution in [2.24, 2.45) is 0 Å². The number of aromatic hydroxyl groups is 6. The lowest BCUT2D eigenvalue weighted by molar-refractivity contribution is -0.272. The van der Waals surface area contributed by atoms with Crippen molar-refractivity contribution in [3.05, 3.63) is 154 Å². The highest BCUT2D eigenvalue weighted by Crippen LogP contribution is 2.51. The Morgan fingerprint density at radius 2 is 1.17 bits per heavy atom. The van der Waals surface area contributed by atoms with Crippen LogP contribution in [0, 0.1) is 0 Å². The highest BCUT2D eigenvalue weighted by Gasteiger charge is 2.52. The predicted molar refractivity (Wildman–Crippen MR) is 452 cm³/mol. The smallest absolute Gasteiger partial charge is 0.335 e. The molecule has 2 saturated heterocycles. The van der Waals surface area contributed by atoms with Gasteiger partial charge in [0.1, 0.15) is 114 Å². The zero-order valence-corrected chi connectivity index (χ0v) is 71.0. The van der Waals surface area contributed by atoms with E-state index in [4.69, 9.17) is 33.2 Å². The summed E-state index contributed by atoms with van der Waals surface area (Å²) >= 11 is 0. The first kappa shape index (κ1) is 93.2. The van der Waals surface area contributed by atoms with Crippen LogP contribution in [-0.2, 0) is 59.0 Å². The zero-order chi connectivity index (χ0) is 91.8. The highest BCUT2D eigenvalue weighted by molar-refractivity contribution is 7.13.